The van der Waals surface area contributed by atoms with E-state index in [-0.39, 0.29) is 17.4 Å². The van der Waals surface area contributed by atoms with Gasteiger partial charge in [-0.05, 0) is 111 Å². The Morgan fingerprint density at radius 2 is 1.75 bits per heavy atom. The quantitative estimate of drug-likeness (QED) is 0.504. The first-order valence-corrected chi connectivity index (χ1v) is 12.8. The molecule has 0 spiro atoms. The number of hydrogen-bond donors (Lipinski definition) is 2. The molecule has 8 atom stereocenters. The fourth-order valence-electron chi connectivity index (χ4n) is 8.71. The first kappa shape index (κ1) is 22.1. The Morgan fingerprint density at radius 3 is 2.53 bits per heavy atom. The number of nitrogens with zero attached hydrogens (tertiary/aromatic N) is 2. The summed E-state index contributed by atoms with van der Waals surface area (Å²) in [6.07, 6.45) is 14.1. The van der Waals surface area contributed by atoms with E-state index in [9.17, 15) is 9.90 Å². The summed E-state index contributed by atoms with van der Waals surface area (Å²) in [6, 6.07) is 3.44. The lowest BCUT2D eigenvalue weighted by Crippen LogP contribution is -2.54. The van der Waals surface area contributed by atoms with Crippen molar-refractivity contribution in [2.45, 2.75) is 84.7 Å². The number of carbonyl (C=O) groups excluding carboxylic acids is 1. The zero-order chi connectivity index (χ0) is 22.5. The van der Waals surface area contributed by atoms with E-state index in [1.54, 1.807) is 24.5 Å². The molecular weight excluding hydrogens is 398 g/mol. The van der Waals surface area contributed by atoms with Crippen LogP contribution in [-0.4, -0.2) is 27.8 Å². The molecule has 1 amide bonds. The van der Waals surface area contributed by atoms with Crippen molar-refractivity contribution < 1.29 is 9.90 Å². The van der Waals surface area contributed by atoms with E-state index in [4.69, 9.17) is 0 Å². The summed E-state index contributed by atoms with van der Waals surface area (Å²) in [5, 5.41) is 14.8. The van der Waals surface area contributed by atoms with Crippen LogP contribution in [0, 0.1) is 40.4 Å². The van der Waals surface area contributed by atoms with Crippen molar-refractivity contribution in [1.29, 1.82) is 0 Å². The van der Waals surface area contributed by atoms with Gasteiger partial charge in [0.1, 0.15) is 0 Å². The maximum atomic E-state index is 12.4. The number of aliphatic hydroxyl groups is 1. The van der Waals surface area contributed by atoms with Crippen molar-refractivity contribution >= 4 is 11.6 Å². The Bertz CT molecular complexity index is 886. The van der Waals surface area contributed by atoms with Crippen molar-refractivity contribution in [3.8, 4) is 0 Å². The van der Waals surface area contributed by atoms with Crippen LogP contribution in [0.25, 0.3) is 0 Å². The number of hydrogen-bond acceptors (Lipinski definition) is 4. The van der Waals surface area contributed by atoms with Gasteiger partial charge in [0.2, 0.25) is 0 Å². The highest BCUT2D eigenvalue weighted by atomic mass is 16.3. The highest BCUT2D eigenvalue weighted by Crippen LogP contribution is 2.67. The van der Waals surface area contributed by atoms with E-state index < -0.39 is 0 Å². The molecule has 4 aliphatic rings. The summed E-state index contributed by atoms with van der Waals surface area (Å²) in [5.74, 6) is 3.38. The highest BCUT2D eigenvalue weighted by molar-refractivity contribution is 5.95. The molecule has 5 heteroatoms. The smallest absolute Gasteiger partial charge is 0.271 e. The molecule has 4 aliphatic carbocycles. The van der Waals surface area contributed by atoms with Crippen LogP contribution >= 0.6 is 0 Å². The summed E-state index contributed by atoms with van der Waals surface area (Å²) in [5.41, 5.74) is 5.17. The number of amides is 1. The fraction of sp³-hybridized carbons (Fsp3) is 0.741. The first-order chi connectivity index (χ1) is 15.3. The van der Waals surface area contributed by atoms with Gasteiger partial charge in [0.15, 0.2) is 0 Å². The van der Waals surface area contributed by atoms with Gasteiger partial charge in [0, 0.05) is 29.6 Å². The predicted octanol–water partition coefficient (Wildman–Crippen LogP) is 5.21. The number of aromatic nitrogens is 1. The Kier molecular flexibility index (Phi) is 5.68. The molecule has 4 fully saturated rings. The minimum absolute atomic E-state index is 0.0736. The van der Waals surface area contributed by atoms with E-state index in [1.807, 2.05) is 0 Å². The number of rotatable bonds is 3. The third-order valence-electron chi connectivity index (χ3n) is 10.4. The molecule has 174 valence electrons. The van der Waals surface area contributed by atoms with Crippen molar-refractivity contribution in [3.63, 3.8) is 0 Å². The molecule has 1 aromatic rings. The Morgan fingerprint density at radius 1 is 1.03 bits per heavy atom. The third-order valence-corrected chi connectivity index (χ3v) is 10.4. The van der Waals surface area contributed by atoms with Gasteiger partial charge in [-0.2, -0.15) is 5.10 Å². The monoisotopic (exact) mass is 437 g/mol. The minimum Gasteiger partial charge on any atom is -0.393 e. The number of aliphatic hydroxyl groups excluding tert-OH is 1. The number of pyridine rings is 1. The molecule has 5 nitrogen and oxygen atoms in total. The van der Waals surface area contributed by atoms with E-state index in [1.165, 1.54) is 44.9 Å². The zero-order valence-corrected chi connectivity index (χ0v) is 19.9. The molecule has 0 unspecified atom stereocenters. The van der Waals surface area contributed by atoms with Gasteiger partial charge in [-0.3, -0.25) is 9.78 Å². The topological polar surface area (TPSA) is 74.6 Å². The standard InChI is InChI=1S/C27H39N3O2/c1-17(29-30-25(32)18-10-14-28-15-11-18)22-6-7-23-21-5-4-19-16-20(31)8-12-26(19,2)24(21)9-13-27(22,23)3/h10-11,14-15,19-24,31H,4-9,12-13,16H2,1-3H3,(H,30,32)/b29-17+/t19-,20-,21-,22+,23-,24+,26-,27+/m0/s1. The van der Waals surface area contributed by atoms with Gasteiger partial charge in [-0.15, -0.1) is 0 Å². The molecular formula is C27H39N3O2. The molecule has 32 heavy (non-hydrogen) atoms. The van der Waals surface area contributed by atoms with Gasteiger partial charge in [0.25, 0.3) is 5.91 Å². The van der Waals surface area contributed by atoms with E-state index in [0.29, 0.717) is 22.8 Å². The summed E-state index contributed by atoms with van der Waals surface area (Å²) in [7, 11) is 0. The van der Waals surface area contributed by atoms with E-state index >= 15 is 0 Å². The van der Waals surface area contributed by atoms with Crippen molar-refractivity contribution in [2.24, 2.45) is 45.5 Å². The van der Waals surface area contributed by atoms with Gasteiger partial charge in [-0.25, -0.2) is 5.43 Å². The Balaban J connectivity index is 1.31. The summed E-state index contributed by atoms with van der Waals surface area (Å²) in [4.78, 5) is 16.4. The molecule has 0 bridgehead atoms. The highest BCUT2D eigenvalue weighted by Gasteiger charge is 2.60. The zero-order valence-electron chi connectivity index (χ0n) is 19.9. The van der Waals surface area contributed by atoms with E-state index in [0.717, 1.165) is 36.3 Å². The maximum absolute atomic E-state index is 12.4. The number of hydrazone groups is 1. The number of nitrogens with one attached hydrogen (secondary N) is 1. The second kappa shape index (κ2) is 8.23. The minimum atomic E-state index is -0.166. The second-order valence-electron chi connectivity index (χ2n) is 11.7. The molecule has 0 radical (unpaired) electrons. The Labute approximate surface area is 192 Å². The van der Waals surface area contributed by atoms with Crippen LogP contribution in [0.5, 0.6) is 0 Å². The summed E-state index contributed by atoms with van der Waals surface area (Å²) < 4.78 is 0. The van der Waals surface area contributed by atoms with Crippen LogP contribution in [0.4, 0.5) is 0 Å². The van der Waals surface area contributed by atoms with Crippen LogP contribution in [0.2, 0.25) is 0 Å². The second-order valence-corrected chi connectivity index (χ2v) is 11.7. The van der Waals surface area contributed by atoms with Crippen molar-refractivity contribution in [2.75, 3.05) is 0 Å². The number of carbonyl (C=O) groups is 1. The van der Waals surface area contributed by atoms with Crippen LogP contribution in [0.3, 0.4) is 0 Å². The number of fused-ring (bicyclic) bond motifs is 5. The fourth-order valence-corrected chi connectivity index (χ4v) is 8.71. The average Bonchev–Trinajstić information content (AvgIpc) is 3.15. The third kappa shape index (κ3) is 3.52. The van der Waals surface area contributed by atoms with E-state index in [2.05, 4.69) is 36.3 Å². The average molecular weight is 438 g/mol. The van der Waals surface area contributed by atoms with Crippen molar-refractivity contribution in [3.05, 3.63) is 30.1 Å². The van der Waals surface area contributed by atoms with Gasteiger partial charge >= 0.3 is 0 Å². The largest absolute Gasteiger partial charge is 0.393 e. The lowest BCUT2D eigenvalue weighted by atomic mass is 9.44. The van der Waals surface area contributed by atoms with Crippen LogP contribution < -0.4 is 5.43 Å². The van der Waals surface area contributed by atoms with Crippen LogP contribution in [0.1, 0.15) is 88.9 Å². The molecule has 2 N–H and O–H groups in total. The summed E-state index contributed by atoms with van der Waals surface area (Å²) >= 11 is 0. The first-order valence-electron chi connectivity index (χ1n) is 12.8. The molecule has 0 saturated heterocycles. The Hall–Kier alpha value is -1.75. The van der Waals surface area contributed by atoms with Gasteiger partial charge in [-0.1, -0.05) is 13.8 Å². The molecule has 1 aromatic heterocycles. The predicted molar refractivity (Wildman–Crippen MR) is 126 cm³/mol. The van der Waals surface area contributed by atoms with Gasteiger partial charge in [0.05, 0.1) is 6.10 Å². The lowest BCUT2D eigenvalue weighted by molar-refractivity contribution is -0.123. The summed E-state index contributed by atoms with van der Waals surface area (Å²) in [6.45, 7) is 7.17. The SMILES string of the molecule is C/C(=N\NC(=O)c1ccncc1)[C@H]1CC[C@H]2[C@@H]3CC[C@H]4C[C@@H](O)CC[C@]4(C)[C@@H]3CC[C@]12C. The molecule has 1 heterocycles. The lowest BCUT2D eigenvalue weighted by Gasteiger charge is -2.61. The molecule has 0 aliphatic heterocycles. The van der Waals surface area contributed by atoms with Gasteiger partial charge < -0.3 is 5.11 Å². The van der Waals surface area contributed by atoms with Crippen LogP contribution in [0.15, 0.2) is 29.6 Å². The normalized spacial score (nSPS) is 43.7. The molecule has 0 aromatic carbocycles. The molecule has 4 saturated carbocycles. The maximum Gasteiger partial charge on any atom is 0.271 e. The van der Waals surface area contributed by atoms with Crippen LogP contribution in [-0.2, 0) is 0 Å². The van der Waals surface area contributed by atoms with Crippen molar-refractivity contribution in [1.82, 2.24) is 10.4 Å². The molecule has 5 rings (SSSR count).